The van der Waals surface area contributed by atoms with E-state index in [4.69, 9.17) is 23.2 Å². The minimum Gasteiger partial charge on any atom is -0.278 e. The molecule has 2 aliphatic rings. The van der Waals surface area contributed by atoms with Crippen molar-refractivity contribution in [1.29, 1.82) is 0 Å². The molecular formula is C27H19Cl2F2NO2. The number of imide groups is 1. The molecule has 0 saturated carbocycles. The van der Waals surface area contributed by atoms with E-state index >= 15 is 0 Å². The minimum absolute atomic E-state index is 0.0889. The molecule has 1 heterocycles. The van der Waals surface area contributed by atoms with Crippen molar-refractivity contribution >= 4 is 46.2 Å². The monoisotopic (exact) mass is 497 g/mol. The summed E-state index contributed by atoms with van der Waals surface area (Å²) in [5.74, 6) is -3.59. The van der Waals surface area contributed by atoms with Crippen molar-refractivity contribution in [3.63, 3.8) is 0 Å². The van der Waals surface area contributed by atoms with Crippen LogP contribution in [0.1, 0.15) is 29.5 Å². The van der Waals surface area contributed by atoms with Crippen LogP contribution in [0.25, 0.3) is 11.1 Å². The number of nitrogens with zero attached hydrogens (tertiary/aromatic N) is 1. The molecule has 1 aliphatic carbocycles. The van der Waals surface area contributed by atoms with E-state index in [0.717, 1.165) is 34.4 Å². The molecule has 0 radical (unpaired) electrons. The van der Waals surface area contributed by atoms with Gasteiger partial charge in [0.1, 0.15) is 0 Å². The van der Waals surface area contributed by atoms with E-state index in [-0.39, 0.29) is 18.4 Å². The second kappa shape index (κ2) is 8.97. The molecule has 3 aromatic carbocycles. The summed E-state index contributed by atoms with van der Waals surface area (Å²) in [6, 6.07) is 18.2. The van der Waals surface area contributed by atoms with Gasteiger partial charge in [-0.1, -0.05) is 53.5 Å². The van der Waals surface area contributed by atoms with Crippen LogP contribution < -0.4 is 0 Å². The highest BCUT2D eigenvalue weighted by Gasteiger charge is 2.50. The molecule has 3 nitrogen and oxygen atoms in total. The molecule has 0 aromatic heterocycles. The SMILES string of the molecule is O=C1[C@H]2CC(c3ccc(Cl)cc3)=C(c3ccc(Cl)cc3)C[C@H]2C(=O)N1Cc1ccc(F)c(F)c1. The molecule has 1 aliphatic heterocycles. The van der Waals surface area contributed by atoms with E-state index in [1.165, 1.54) is 11.0 Å². The van der Waals surface area contributed by atoms with Crippen LogP contribution in [0.4, 0.5) is 8.78 Å². The molecular weight excluding hydrogens is 479 g/mol. The number of allylic oxidation sites excluding steroid dienone is 2. The first kappa shape index (κ1) is 22.8. The summed E-state index contributed by atoms with van der Waals surface area (Å²) in [5.41, 5.74) is 4.20. The van der Waals surface area contributed by atoms with Crippen molar-refractivity contribution in [3.8, 4) is 0 Å². The van der Waals surface area contributed by atoms with Gasteiger partial charge in [0, 0.05) is 10.0 Å². The molecule has 7 heteroatoms. The van der Waals surface area contributed by atoms with Gasteiger partial charge in [0.2, 0.25) is 11.8 Å². The Kier molecular flexibility index (Phi) is 6.00. The third-order valence-electron chi connectivity index (χ3n) is 6.57. The zero-order chi connectivity index (χ0) is 24.0. The third-order valence-corrected chi connectivity index (χ3v) is 7.08. The fourth-order valence-corrected chi connectivity index (χ4v) is 5.11. The van der Waals surface area contributed by atoms with Crippen molar-refractivity contribution in [2.45, 2.75) is 19.4 Å². The highest BCUT2D eigenvalue weighted by Crippen LogP contribution is 2.48. The standard InChI is InChI=1S/C27H19Cl2F2NO2/c28-18-6-2-16(3-7-18)20-12-22-23(13-21(20)17-4-8-19(29)9-5-17)27(34)32(26(22)33)14-15-1-10-24(30)25(31)11-15/h1-11,22-23H,12-14H2/t22-,23+. The quantitative estimate of drug-likeness (QED) is 0.372. The number of carbonyl (C=O) groups excluding carboxylic acids is 2. The fraction of sp³-hybridized carbons (Fsp3) is 0.185. The second-order valence-electron chi connectivity index (χ2n) is 8.60. The van der Waals surface area contributed by atoms with Crippen molar-refractivity contribution in [2.75, 3.05) is 0 Å². The smallest absolute Gasteiger partial charge is 0.233 e. The molecule has 1 saturated heterocycles. The molecule has 0 unspecified atom stereocenters. The summed E-state index contributed by atoms with van der Waals surface area (Å²) in [7, 11) is 0. The maximum absolute atomic E-state index is 13.7. The summed E-state index contributed by atoms with van der Waals surface area (Å²) in [6.07, 6.45) is 0.784. The predicted molar refractivity (Wildman–Crippen MR) is 128 cm³/mol. The molecule has 5 rings (SSSR count). The average Bonchev–Trinajstić information content (AvgIpc) is 3.06. The lowest BCUT2D eigenvalue weighted by Gasteiger charge is -2.28. The molecule has 1 fully saturated rings. The van der Waals surface area contributed by atoms with Gasteiger partial charge in [-0.2, -0.15) is 0 Å². The molecule has 34 heavy (non-hydrogen) atoms. The van der Waals surface area contributed by atoms with Gasteiger partial charge in [0.15, 0.2) is 11.6 Å². The maximum atomic E-state index is 13.7. The Hall–Kier alpha value is -3.02. The highest BCUT2D eigenvalue weighted by molar-refractivity contribution is 6.31. The zero-order valence-corrected chi connectivity index (χ0v) is 19.4. The first-order chi connectivity index (χ1) is 16.3. The molecule has 0 spiro atoms. The summed E-state index contributed by atoms with van der Waals surface area (Å²) < 4.78 is 27.0. The van der Waals surface area contributed by atoms with Gasteiger partial charge in [-0.25, -0.2) is 8.78 Å². The lowest BCUT2D eigenvalue weighted by Crippen LogP contribution is -2.30. The fourth-order valence-electron chi connectivity index (χ4n) is 4.86. The normalized spacial score (nSPS) is 20.2. The van der Waals surface area contributed by atoms with Gasteiger partial charge < -0.3 is 0 Å². The zero-order valence-electron chi connectivity index (χ0n) is 17.9. The number of amides is 2. The van der Waals surface area contributed by atoms with Crippen LogP contribution in [0.5, 0.6) is 0 Å². The average molecular weight is 498 g/mol. The largest absolute Gasteiger partial charge is 0.278 e. The first-order valence-electron chi connectivity index (χ1n) is 10.8. The molecule has 0 bridgehead atoms. The summed E-state index contributed by atoms with van der Waals surface area (Å²) in [5, 5.41) is 1.21. The number of fused-ring (bicyclic) bond motifs is 1. The van der Waals surface area contributed by atoms with Crippen molar-refractivity contribution in [1.82, 2.24) is 4.90 Å². The number of carbonyl (C=O) groups is 2. The molecule has 2 amide bonds. The topological polar surface area (TPSA) is 37.4 Å². The summed E-state index contributed by atoms with van der Waals surface area (Å²) >= 11 is 12.2. The number of hydrogen-bond acceptors (Lipinski definition) is 2. The van der Waals surface area contributed by atoms with Crippen molar-refractivity contribution in [3.05, 3.63) is 105 Å². The van der Waals surface area contributed by atoms with Crippen LogP contribution in [-0.2, 0) is 16.1 Å². The van der Waals surface area contributed by atoms with Crippen LogP contribution in [0.3, 0.4) is 0 Å². The van der Waals surface area contributed by atoms with E-state index in [0.29, 0.717) is 28.5 Å². The van der Waals surface area contributed by atoms with Gasteiger partial charge in [0.05, 0.1) is 18.4 Å². The first-order valence-corrected chi connectivity index (χ1v) is 11.6. The van der Waals surface area contributed by atoms with Crippen molar-refractivity contribution < 1.29 is 18.4 Å². The molecule has 0 N–H and O–H groups in total. The number of hydrogen-bond donors (Lipinski definition) is 0. The summed E-state index contributed by atoms with van der Waals surface area (Å²) in [6.45, 7) is -0.0889. The van der Waals surface area contributed by atoms with Gasteiger partial charge >= 0.3 is 0 Å². The number of likely N-dealkylation sites (tertiary alicyclic amines) is 1. The number of rotatable bonds is 4. The number of halogens is 4. The molecule has 2 atom stereocenters. The maximum Gasteiger partial charge on any atom is 0.233 e. The van der Waals surface area contributed by atoms with Crippen LogP contribution in [-0.4, -0.2) is 16.7 Å². The van der Waals surface area contributed by atoms with Crippen molar-refractivity contribution in [2.24, 2.45) is 11.8 Å². The Morgan fingerprint density at radius 3 is 1.62 bits per heavy atom. The lowest BCUT2D eigenvalue weighted by atomic mass is 9.73. The Morgan fingerprint density at radius 2 is 1.18 bits per heavy atom. The van der Waals surface area contributed by atoms with Gasteiger partial charge in [-0.15, -0.1) is 0 Å². The van der Waals surface area contributed by atoms with Crippen LogP contribution in [0.15, 0.2) is 66.7 Å². The van der Waals surface area contributed by atoms with Crippen LogP contribution in [0.2, 0.25) is 10.0 Å². The Morgan fingerprint density at radius 1 is 0.706 bits per heavy atom. The Bertz CT molecular complexity index is 1240. The van der Waals surface area contributed by atoms with E-state index in [1.54, 1.807) is 24.3 Å². The highest BCUT2D eigenvalue weighted by atomic mass is 35.5. The van der Waals surface area contributed by atoms with E-state index in [9.17, 15) is 18.4 Å². The van der Waals surface area contributed by atoms with E-state index < -0.39 is 23.5 Å². The molecule has 3 aromatic rings. The van der Waals surface area contributed by atoms with E-state index in [2.05, 4.69) is 0 Å². The Labute approximate surface area is 205 Å². The van der Waals surface area contributed by atoms with Gasteiger partial charge in [-0.3, -0.25) is 14.5 Å². The third kappa shape index (κ3) is 4.15. The van der Waals surface area contributed by atoms with Gasteiger partial charge in [-0.05, 0) is 77.1 Å². The van der Waals surface area contributed by atoms with Crippen LogP contribution >= 0.6 is 23.2 Å². The predicted octanol–water partition coefficient (Wildman–Crippen LogP) is 6.78. The van der Waals surface area contributed by atoms with Gasteiger partial charge in [0.25, 0.3) is 0 Å². The molecule has 172 valence electrons. The number of benzene rings is 3. The van der Waals surface area contributed by atoms with E-state index in [1.807, 2.05) is 24.3 Å². The second-order valence-corrected chi connectivity index (χ2v) is 9.48. The minimum atomic E-state index is -1.01. The lowest BCUT2D eigenvalue weighted by molar-refractivity contribution is -0.140. The summed E-state index contributed by atoms with van der Waals surface area (Å²) in [4.78, 5) is 27.8. The Balaban J connectivity index is 1.51. The van der Waals surface area contributed by atoms with Crippen LogP contribution in [0, 0.1) is 23.5 Å².